The van der Waals surface area contributed by atoms with Crippen LogP contribution in [0.5, 0.6) is 0 Å². The third kappa shape index (κ3) is 2.46. The zero-order chi connectivity index (χ0) is 15.2. The molecular weight excluding hydrogens is 300 g/mol. The second kappa shape index (κ2) is 5.10. The first kappa shape index (κ1) is 14.5. The highest BCUT2D eigenvalue weighted by molar-refractivity contribution is 7.87. The number of fused-ring (bicyclic) bond motifs is 1. The Hall–Kier alpha value is -1.41. The summed E-state index contributed by atoms with van der Waals surface area (Å²) in [4.78, 5) is 22.6. The molecule has 1 saturated heterocycles. The molecule has 3 saturated carbocycles. The van der Waals surface area contributed by atoms with Gasteiger partial charge in [0, 0.05) is 12.0 Å². The zero-order valence-electron chi connectivity index (χ0n) is 11.3. The minimum atomic E-state index is -3.54. The van der Waals surface area contributed by atoms with Crippen molar-refractivity contribution in [3.05, 3.63) is 12.7 Å². The van der Waals surface area contributed by atoms with Crippen LogP contribution in [0.1, 0.15) is 19.3 Å². The van der Waals surface area contributed by atoms with Crippen LogP contribution in [-0.2, 0) is 33.4 Å². The topological polar surface area (TPSA) is 96.0 Å². The van der Waals surface area contributed by atoms with Crippen molar-refractivity contribution in [3.63, 3.8) is 0 Å². The van der Waals surface area contributed by atoms with E-state index in [4.69, 9.17) is 8.92 Å². The van der Waals surface area contributed by atoms with Crippen molar-refractivity contribution in [2.45, 2.75) is 36.7 Å². The maximum absolute atomic E-state index is 11.9. The first-order valence-electron chi connectivity index (χ1n) is 6.83. The van der Waals surface area contributed by atoms with Gasteiger partial charge in [0.05, 0.1) is 5.25 Å². The van der Waals surface area contributed by atoms with Crippen molar-refractivity contribution in [2.75, 3.05) is 6.61 Å². The van der Waals surface area contributed by atoms with Crippen molar-refractivity contribution < 1.29 is 31.7 Å². The molecule has 5 unspecified atom stereocenters. The highest BCUT2D eigenvalue weighted by Gasteiger charge is 2.61. The van der Waals surface area contributed by atoms with E-state index in [1.807, 2.05) is 0 Å². The number of rotatable bonds is 4. The smallest absolute Gasteiger partial charge is 0.344 e. The summed E-state index contributed by atoms with van der Waals surface area (Å²) in [6, 6.07) is 0. The highest BCUT2D eigenvalue weighted by atomic mass is 32.2. The standard InChI is InChI=1S/C13H16O7S/c1-2-10(14)18-6-11(15)19-12-7-3-4-8-9(5-7)21(16,17)20-13(8)12/h2,7-9,12-13H,1,3-6H2. The Labute approximate surface area is 122 Å². The summed E-state index contributed by atoms with van der Waals surface area (Å²) in [5.74, 6) is -1.53. The van der Waals surface area contributed by atoms with E-state index in [1.54, 1.807) is 0 Å². The molecule has 3 aliphatic carbocycles. The van der Waals surface area contributed by atoms with Gasteiger partial charge in [-0.3, -0.25) is 4.18 Å². The van der Waals surface area contributed by atoms with Crippen molar-refractivity contribution in [1.29, 1.82) is 0 Å². The van der Waals surface area contributed by atoms with Gasteiger partial charge in [0.1, 0.15) is 12.2 Å². The zero-order valence-corrected chi connectivity index (χ0v) is 12.1. The van der Waals surface area contributed by atoms with Crippen molar-refractivity contribution in [2.24, 2.45) is 11.8 Å². The lowest BCUT2D eigenvalue weighted by atomic mass is 9.67. The van der Waals surface area contributed by atoms with E-state index >= 15 is 0 Å². The molecule has 5 atom stereocenters. The molecule has 0 aromatic rings. The van der Waals surface area contributed by atoms with Gasteiger partial charge in [0.15, 0.2) is 6.61 Å². The predicted octanol–water partition coefficient (Wildman–Crippen LogP) is 0.155. The van der Waals surface area contributed by atoms with Crippen LogP contribution in [0.2, 0.25) is 0 Å². The molecular formula is C13H16O7S. The summed E-state index contributed by atoms with van der Waals surface area (Å²) in [5.41, 5.74) is 0. The van der Waals surface area contributed by atoms with Crippen LogP contribution in [-0.4, -0.2) is 44.4 Å². The predicted molar refractivity (Wildman–Crippen MR) is 69.4 cm³/mol. The Bertz CT molecular complexity index is 581. The normalized spacial score (nSPS) is 38.8. The minimum Gasteiger partial charge on any atom is -0.457 e. The fraction of sp³-hybridized carbons (Fsp3) is 0.692. The van der Waals surface area contributed by atoms with E-state index in [0.717, 1.165) is 18.9 Å². The molecule has 8 heteroatoms. The lowest BCUT2D eigenvalue weighted by molar-refractivity contribution is -0.174. The Morgan fingerprint density at radius 3 is 2.81 bits per heavy atom. The van der Waals surface area contributed by atoms with Gasteiger partial charge in [-0.1, -0.05) is 6.58 Å². The maximum Gasteiger partial charge on any atom is 0.344 e. The first-order valence-corrected chi connectivity index (χ1v) is 8.30. The van der Waals surface area contributed by atoms with Gasteiger partial charge in [0.2, 0.25) is 0 Å². The van der Waals surface area contributed by atoms with Gasteiger partial charge in [-0.15, -0.1) is 0 Å². The minimum absolute atomic E-state index is 0.0127. The summed E-state index contributed by atoms with van der Waals surface area (Å²) in [6.07, 6.45) is 1.85. The number of carbonyl (C=O) groups excluding carboxylic acids is 2. The van der Waals surface area contributed by atoms with Crippen LogP contribution in [0, 0.1) is 11.8 Å². The molecule has 21 heavy (non-hydrogen) atoms. The Balaban J connectivity index is 1.66. The molecule has 0 spiro atoms. The van der Waals surface area contributed by atoms with Crippen LogP contribution in [0.15, 0.2) is 12.7 Å². The van der Waals surface area contributed by atoms with Gasteiger partial charge >= 0.3 is 11.9 Å². The maximum atomic E-state index is 11.9. The van der Waals surface area contributed by atoms with E-state index < -0.39 is 46.1 Å². The fourth-order valence-electron chi connectivity index (χ4n) is 3.59. The van der Waals surface area contributed by atoms with E-state index in [0.29, 0.717) is 6.42 Å². The summed E-state index contributed by atoms with van der Waals surface area (Å²) < 4.78 is 38.8. The van der Waals surface area contributed by atoms with Crippen LogP contribution in [0.3, 0.4) is 0 Å². The Kier molecular flexibility index (Phi) is 3.53. The van der Waals surface area contributed by atoms with Gasteiger partial charge in [-0.05, 0) is 25.2 Å². The van der Waals surface area contributed by atoms with Crippen molar-refractivity contribution >= 4 is 22.1 Å². The number of esters is 2. The second-order valence-corrected chi connectivity index (χ2v) is 7.38. The van der Waals surface area contributed by atoms with Gasteiger partial charge < -0.3 is 9.47 Å². The first-order chi connectivity index (χ1) is 9.92. The average Bonchev–Trinajstić information content (AvgIpc) is 2.68. The number of carbonyl (C=O) groups is 2. The lowest BCUT2D eigenvalue weighted by Crippen LogP contribution is -2.52. The molecule has 7 nitrogen and oxygen atoms in total. The SMILES string of the molecule is C=CC(=O)OCC(=O)OC1C2CCC3C1OS(=O)(=O)C3C2. The number of hydrogen-bond donors (Lipinski definition) is 0. The van der Waals surface area contributed by atoms with Gasteiger partial charge in [-0.25, -0.2) is 9.59 Å². The quantitative estimate of drug-likeness (QED) is 0.414. The van der Waals surface area contributed by atoms with Crippen LogP contribution >= 0.6 is 0 Å². The number of ether oxygens (including phenoxy) is 2. The molecule has 1 heterocycles. The molecule has 4 rings (SSSR count). The van der Waals surface area contributed by atoms with Crippen molar-refractivity contribution in [3.8, 4) is 0 Å². The number of hydrogen-bond acceptors (Lipinski definition) is 7. The molecule has 0 aromatic carbocycles. The van der Waals surface area contributed by atoms with Crippen LogP contribution < -0.4 is 0 Å². The molecule has 0 amide bonds. The Morgan fingerprint density at radius 2 is 2.10 bits per heavy atom. The third-order valence-electron chi connectivity index (χ3n) is 4.48. The third-order valence-corrected chi connectivity index (χ3v) is 6.25. The molecule has 1 aliphatic heterocycles. The molecule has 0 radical (unpaired) electrons. The van der Waals surface area contributed by atoms with Crippen LogP contribution in [0.25, 0.3) is 0 Å². The second-order valence-electron chi connectivity index (χ2n) is 5.60. The molecule has 4 aliphatic rings. The Morgan fingerprint density at radius 1 is 1.33 bits per heavy atom. The molecule has 0 aromatic heterocycles. The van der Waals surface area contributed by atoms with Crippen LogP contribution in [0.4, 0.5) is 0 Å². The lowest BCUT2D eigenvalue weighted by Gasteiger charge is -2.43. The monoisotopic (exact) mass is 316 g/mol. The molecule has 4 bridgehead atoms. The van der Waals surface area contributed by atoms with E-state index in [-0.39, 0.29) is 11.8 Å². The summed E-state index contributed by atoms with van der Waals surface area (Å²) >= 11 is 0. The van der Waals surface area contributed by atoms with E-state index in [2.05, 4.69) is 11.3 Å². The summed E-state index contributed by atoms with van der Waals surface area (Å²) in [7, 11) is -3.54. The van der Waals surface area contributed by atoms with E-state index in [1.165, 1.54) is 0 Å². The molecule has 0 N–H and O–H groups in total. The van der Waals surface area contributed by atoms with Crippen molar-refractivity contribution in [1.82, 2.24) is 0 Å². The molecule has 4 fully saturated rings. The highest BCUT2D eigenvalue weighted by Crippen LogP contribution is 2.52. The summed E-state index contributed by atoms with van der Waals surface area (Å²) in [6.45, 7) is 2.71. The van der Waals surface area contributed by atoms with Gasteiger partial charge in [0.25, 0.3) is 10.1 Å². The fourth-order valence-corrected chi connectivity index (χ4v) is 5.50. The van der Waals surface area contributed by atoms with E-state index in [9.17, 15) is 18.0 Å². The largest absolute Gasteiger partial charge is 0.457 e. The van der Waals surface area contributed by atoms with Gasteiger partial charge in [-0.2, -0.15) is 8.42 Å². The average molecular weight is 316 g/mol. The molecule has 116 valence electrons. The summed E-state index contributed by atoms with van der Waals surface area (Å²) in [5, 5.41) is -0.463.